The van der Waals surface area contributed by atoms with Gasteiger partial charge in [0.1, 0.15) is 0 Å². The first-order chi connectivity index (χ1) is 8.28. The summed E-state index contributed by atoms with van der Waals surface area (Å²) in [6.07, 6.45) is 3.49. The van der Waals surface area contributed by atoms with E-state index in [0.29, 0.717) is 6.04 Å². The summed E-state index contributed by atoms with van der Waals surface area (Å²) in [5, 5.41) is 6.66. The SMILES string of the molecule is CCNC(=NCCc1ccc(Cl)s1)NC1CC1. The van der Waals surface area contributed by atoms with Crippen molar-refractivity contribution in [2.45, 2.75) is 32.2 Å². The molecule has 0 saturated heterocycles. The first kappa shape index (κ1) is 12.7. The zero-order chi connectivity index (χ0) is 12.1. The lowest BCUT2D eigenvalue weighted by Crippen LogP contribution is -2.38. The van der Waals surface area contributed by atoms with Crippen LogP contribution in [0.5, 0.6) is 0 Å². The number of aliphatic imine (C=N–C) groups is 1. The third-order valence-electron chi connectivity index (χ3n) is 2.52. The van der Waals surface area contributed by atoms with Gasteiger partial charge in [0.25, 0.3) is 0 Å². The molecule has 0 radical (unpaired) electrons. The fourth-order valence-corrected chi connectivity index (χ4v) is 2.58. The maximum atomic E-state index is 5.89. The quantitative estimate of drug-likeness (QED) is 0.638. The molecule has 2 N–H and O–H groups in total. The van der Waals surface area contributed by atoms with Gasteiger partial charge < -0.3 is 10.6 Å². The van der Waals surface area contributed by atoms with E-state index < -0.39 is 0 Å². The van der Waals surface area contributed by atoms with Crippen LogP contribution in [-0.4, -0.2) is 25.1 Å². The highest BCUT2D eigenvalue weighted by molar-refractivity contribution is 7.16. The topological polar surface area (TPSA) is 36.4 Å². The molecule has 3 nitrogen and oxygen atoms in total. The molecule has 1 heterocycles. The van der Waals surface area contributed by atoms with E-state index >= 15 is 0 Å². The van der Waals surface area contributed by atoms with Gasteiger partial charge in [0.05, 0.1) is 4.34 Å². The van der Waals surface area contributed by atoms with Crippen molar-refractivity contribution in [3.05, 3.63) is 21.3 Å². The van der Waals surface area contributed by atoms with Gasteiger partial charge in [-0.3, -0.25) is 4.99 Å². The number of nitrogens with one attached hydrogen (secondary N) is 2. The zero-order valence-electron chi connectivity index (χ0n) is 10.0. The summed E-state index contributed by atoms with van der Waals surface area (Å²) in [7, 11) is 0. The van der Waals surface area contributed by atoms with Gasteiger partial charge in [-0.1, -0.05) is 11.6 Å². The highest BCUT2D eigenvalue weighted by Gasteiger charge is 2.21. The van der Waals surface area contributed by atoms with E-state index in [1.165, 1.54) is 17.7 Å². The molecule has 0 atom stereocenters. The predicted octanol–water partition coefficient (Wildman–Crippen LogP) is 2.66. The minimum Gasteiger partial charge on any atom is -0.357 e. The van der Waals surface area contributed by atoms with E-state index in [-0.39, 0.29) is 0 Å². The van der Waals surface area contributed by atoms with Crippen molar-refractivity contribution in [3.8, 4) is 0 Å². The summed E-state index contributed by atoms with van der Waals surface area (Å²) in [5.41, 5.74) is 0. The summed E-state index contributed by atoms with van der Waals surface area (Å²) in [4.78, 5) is 5.85. The van der Waals surface area contributed by atoms with Crippen LogP contribution in [0.1, 0.15) is 24.6 Å². The second kappa shape index (κ2) is 6.26. The molecule has 1 fully saturated rings. The zero-order valence-corrected chi connectivity index (χ0v) is 11.6. The molecule has 5 heteroatoms. The van der Waals surface area contributed by atoms with Crippen LogP contribution < -0.4 is 10.6 Å². The lowest BCUT2D eigenvalue weighted by molar-refractivity contribution is 0.809. The molecule has 0 amide bonds. The Kier molecular flexibility index (Phi) is 4.68. The summed E-state index contributed by atoms with van der Waals surface area (Å²) in [5.74, 6) is 0.942. The molecule has 1 aliphatic carbocycles. The van der Waals surface area contributed by atoms with Crippen LogP contribution in [0.3, 0.4) is 0 Å². The van der Waals surface area contributed by atoms with E-state index in [4.69, 9.17) is 11.6 Å². The number of hydrogen-bond acceptors (Lipinski definition) is 2. The molecule has 1 aromatic heterocycles. The van der Waals surface area contributed by atoms with Gasteiger partial charge >= 0.3 is 0 Å². The van der Waals surface area contributed by atoms with E-state index in [9.17, 15) is 0 Å². The van der Waals surface area contributed by atoms with Gasteiger partial charge in [-0.05, 0) is 31.9 Å². The van der Waals surface area contributed by atoms with Gasteiger partial charge in [-0.15, -0.1) is 11.3 Å². The standard InChI is InChI=1S/C12H18ClN3S/c1-2-14-12(16-9-3-4-9)15-8-7-10-5-6-11(13)17-10/h5-6,9H,2-4,7-8H2,1H3,(H2,14,15,16). The van der Waals surface area contributed by atoms with Crippen LogP contribution in [0.2, 0.25) is 4.34 Å². The lowest BCUT2D eigenvalue weighted by Gasteiger charge is -2.09. The molecule has 0 bridgehead atoms. The number of halogens is 1. The van der Waals surface area contributed by atoms with Gasteiger partial charge in [-0.25, -0.2) is 0 Å². The average molecular weight is 272 g/mol. The molecule has 0 aromatic carbocycles. The fraction of sp³-hybridized carbons (Fsp3) is 0.583. The summed E-state index contributed by atoms with van der Waals surface area (Å²) >= 11 is 7.52. The Morgan fingerprint density at radius 3 is 2.94 bits per heavy atom. The first-order valence-electron chi connectivity index (χ1n) is 6.07. The number of hydrogen-bond donors (Lipinski definition) is 2. The molecule has 1 aliphatic rings. The average Bonchev–Trinajstić information content (AvgIpc) is 3.01. The molecule has 2 rings (SSSR count). The van der Waals surface area contributed by atoms with E-state index in [1.807, 2.05) is 6.07 Å². The van der Waals surface area contributed by atoms with Gasteiger partial charge in [0, 0.05) is 30.4 Å². The second-order valence-electron chi connectivity index (χ2n) is 4.14. The van der Waals surface area contributed by atoms with Crippen LogP contribution in [0.25, 0.3) is 0 Å². The molecule has 17 heavy (non-hydrogen) atoms. The summed E-state index contributed by atoms with van der Waals surface area (Å²) in [6, 6.07) is 4.66. The molecule has 0 unspecified atom stereocenters. The molecule has 0 aliphatic heterocycles. The predicted molar refractivity (Wildman–Crippen MR) is 75.2 cm³/mol. The maximum absolute atomic E-state index is 5.89. The van der Waals surface area contributed by atoms with Crippen LogP contribution >= 0.6 is 22.9 Å². The van der Waals surface area contributed by atoms with Crippen LogP contribution in [0.4, 0.5) is 0 Å². The molecule has 94 valence electrons. The summed E-state index contributed by atoms with van der Waals surface area (Å²) < 4.78 is 0.854. The summed E-state index contributed by atoms with van der Waals surface area (Å²) in [6.45, 7) is 3.80. The van der Waals surface area contributed by atoms with Crippen LogP contribution in [-0.2, 0) is 6.42 Å². The minimum absolute atomic E-state index is 0.643. The van der Waals surface area contributed by atoms with E-state index in [1.54, 1.807) is 11.3 Å². The van der Waals surface area contributed by atoms with Crippen molar-refractivity contribution < 1.29 is 0 Å². The second-order valence-corrected chi connectivity index (χ2v) is 5.93. The normalized spacial score (nSPS) is 16.0. The Labute approximate surface area is 111 Å². The Bertz CT molecular complexity index is 385. The van der Waals surface area contributed by atoms with Crippen molar-refractivity contribution in [1.82, 2.24) is 10.6 Å². The highest BCUT2D eigenvalue weighted by atomic mass is 35.5. The Morgan fingerprint density at radius 1 is 1.53 bits per heavy atom. The molecule has 1 aromatic rings. The largest absolute Gasteiger partial charge is 0.357 e. The van der Waals surface area contributed by atoms with Crippen molar-refractivity contribution in [1.29, 1.82) is 0 Å². The highest BCUT2D eigenvalue weighted by Crippen LogP contribution is 2.21. The minimum atomic E-state index is 0.643. The van der Waals surface area contributed by atoms with Crippen LogP contribution in [0.15, 0.2) is 17.1 Å². The van der Waals surface area contributed by atoms with Crippen molar-refractivity contribution in [3.63, 3.8) is 0 Å². The maximum Gasteiger partial charge on any atom is 0.191 e. The Balaban J connectivity index is 1.79. The van der Waals surface area contributed by atoms with Crippen molar-refractivity contribution in [2.24, 2.45) is 4.99 Å². The third-order valence-corrected chi connectivity index (χ3v) is 3.81. The fourth-order valence-electron chi connectivity index (χ4n) is 1.51. The first-order valence-corrected chi connectivity index (χ1v) is 7.26. The lowest BCUT2D eigenvalue weighted by atomic mass is 10.3. The van der Waals surface area contributed by atoms with Gasteiger partial charge in [-0.2, -0.15) is 0 Å². The molecule has 1 saturated carbocycles. The number of nitrogens with zero attached hydrogens (tertiary/aromatic N) is 1. The van der Waals surface area contributed by atoms with E-state index in [0.717, 1.165) is 29.8 Å². The van der Waals surface area contributed by atoms with Crippen molar-refractivity contribution >= 4 is 28.9 Å². The van der Waals surface area contributed by atoms with Crippen molar-refractivity contribution in [2.75, 3.05) is 13.1 Å². The third kappa shape index (κ3) is 4.56. The van der Waals surface area contributed by atoms with Gasteiger partial charge in [0.2, 0.25) is 0 Å². The Morgan fingerprint density at radius 2 is 2.35 bits per heavy atom. The Hall–Kier alpha value is -0.740. The number of thiophene rings is 1. The molecular weight excluding hydrogens is 254 g/mol. The molecular formula is C12H18ClN3S. The monoisotopic (exact) mass is 271 g/mol. The van der Waals surface area contributed by atoms with Gasteiger partial charge in [0.15, 0.2) is 5.96 Å². The number of guanidine groups is 1. The van der Waals surface area contributed by atoms with E-state index in [2.05, 4.69) is 28.6 Å². The number of rotatable bonds is 5. The molecule has 0 spiro atoms. The smallest absolute Gasteiger partial charge is 0.191 e. The van der Waals surface area contributed by atoms with Crippen LogP contribution in [0, 0.1) is 0 Å².